The third kappa shape index (κ3) is 3.15. The molecule has 0 radical (unpaired) electrons. The van der Waals surface area contributed by atoms with E-state index in [-0.39, 0.29) is 25.7 Å². The molecule has 2 aromatic rings. The van der Waals surface area contributed by atoms with E-state index in [2.05, 4.69) is 0 Å². The summed E-state index contributed by atoms with van der Waals surface area (Å²) in [5.41, 5.74) is 0. The van der Waals surface area contributed by atoms with E-state index in [9.17, 15) is 8.42 Å². The van der Waals surface area contributed by atoms with Crippen molar-refractivity contribution < 1.29 is 12.6 Å². The fraction of sp³-hybridized carbons (Fsp3) is 0. The quantitative estimate of drug-likeness (QED) is 0.779. The summed E-state index contributed by atoms with van der Waals surface area (Å²) < 4.78 is 29.1. The predicted molar refractivity (Wildman–Crippen MR) is 75.7 cm³/mol. The summed E-state index contributed by atoms with van der Waals surface area (Å²) in [5, 5.41) is 0.300. The van der Waals surface area contributed by atoms with Crippen molar-refractivity contribution in [2.75, 3.05) is 0 Å². The molecule has 0 unspecified atom stereocenters. The van der Waals surface area contributed by atoms with Gasteiger partial charge < -0.3 is 4.18 Å². The van der Waals surface area contributed by atoms with Crippen molar-refractivity contribution in [1.29, 1.82) is 0 Å². The number of hydrogen-bond donors (Lipinski definition) is 0. The molecule has 0 atom stereocenters. The molecule has 7 heteroatoms. The van der Waals surface area contributed by atoms with Crippen molar-refractivity contribution in [1.82, 2.24) is 0 Å². The Morgan fingerprint density at radius 2 is 1.47 bits per heavy atom. The van der Waals surface area contributed by atoms with E-state index in [0.717, 1.165) is 0 Å². The summed E-state index contributed by atoms with van der Waals surface area (Å²) in [4.78, 5) is -0.132. The molecule has 3 nitrogen and oxygen atoms in total. The van der Waals surface area contributed by atoms with Crippen LogP contribution in [0.5, 0.6) is 5.75 Å². The lowest BCUT2D eigenvalue weighted by Crippen LogP contribution is -2.10. The topological polar surface area (TPSA) is 43.4 Å². The smallest absolute Gasteiger partial charge is 0.340 e. The average molecular weight is 338 g/mol. The molecule has 0 aliphatic heterocycles. The highest BCUT2D eigenvalue weighted by Gasteiger charge is 2.21. The van der Waals surface area contributed by atoms with Gasteiger partial charge in [0, 0.05) is 0 Å². The summed E-state index contributed by atoms with van der Waals surface area (Å²) >= 11 is 17.5. The maximum Gasteiger partial charge on any atom is 0.340 e. The number of halogens is 3. The molecule has 0 saturated carbocycles. The van der Waals surface area contributed by atoms with Crippen LogP contribution in [-0.4, -0.2) is 8.42 Å². The molecule has 100 valence electrons. The minimum Gasteiger partial charge on any atom is -0.377 e. The first kappa shape index (κ1) is 14.5. The summed E-state index contributed by atoms with van der Waals surface area (Å²) in [6.07, 6.45) is 0. The van der Waals surface area contributed by atoms with Crippen LogP contribution >= 0.6 is 34.8 Å². The molecule has 0 bridgehead atoms. The lowest BCUT2D eigenvalue weighted by molar-refractivity contribution is 0.486. The number of hydrogen-bond acceptors (Lipinski definition) is 3. The normalized spacial score (nSPS) is 11.3. The van der Waals surface area contributed by atoms with E-state index in [1.165, 1.54) is 30.3 Å². The second kappa shape index (κ2) is 5.59. The van der Waals surface area contributed by atoms with Crippen LogP contribution in [0.4, 0.5) is 0 Å². The Hall–Kier alpha value is -0.940. The highest BCUT2D eigenvalue weighted by atomic mass is 35.5. The van der Waals surface area contributed by atoms with Crippen molar-refractivity contribution in [2.24, 2.45) is 0 Å². The molecule has 0 aliphatic carbocycles. The molecular formula is C12H7Cl3O3S. The first-order valence-electron chi connectivity index (χ1n) is 5.05. The summed E-state index contributed by atoms with van der Waals surface area (Å²) in [6, 6.07) is 10.4. The molecule has 19 heavy (non-hydrogen) atoms. The van der Waals surface area contributed by atoms with Crippen LogP contribution < -0.4 is 4.18 Å². The van der Waals surface area contributed by atoms with Crippen LogP contribution in [-0.2, 0) is 10.1 Å². The first-order chi connectivity index (χ1) is 8.92. The van der Waals surface area contributed by atoms with Crippen molar-refractivity contribution in [2.45, 2.75) is 4.90 Å². The van der Waals surface area contributed by atoms with Crippen molar-refractivity contribution in [3.05, 3.63) is 57.5 Å². The third-order valence-electron chi connectivity index (χ3n) is 2.22. The molecule has 0 heterocycles. The van der Waals surface area contributed by atoms with Crippen LogP contribution in [0.25, 0.3) is 0 Å². The fourth-order valence-corrected chi connectivity index (χ4v) is 3.17. The van der Waals surface area contributed by atoms with Gasteiger partial charge in [0.05, 0.1) is 10.0 Å². The Morgan fingerprint density at radius 1 is 0.842 bits per heavy atom. The molecule has 0 spiro atoms. The molecule has 2 rings (SSSR count). The molecule has 0 fully saturated rings. The van der Waals surface area contributed by atoms with Gasteiger partial charge in [0.2, 0.25) is 0 Å². The number of benzene rings is 2. The summed E-state index contributed by atoms with van der Waals surface area (Å²) in [7, 11) is -4.06. The van der Waals surface area contributed by atoms with E-state index in [1.54, 1.807) is 12.1 Å². The summed E-state index contributed by atoms with van der Waals surface area (Å²) in [6.45, 7) is 0. The average Bonchev–Trinajstić information content (AvgIpc) is 2.35. The molecule has 0 N–H and O–H groups in total. The zero-order valence-electron chi connectivity index (χ0n) is 9.31. The van der Waals surface area contributed by atoms with Gasteiger partial charge in [0.15, 0.2) is 5.75 Å². The monoisotopic (exact) mass is 336 g/mol. The lowest BCUT2D eigenvalue weighted by atomic mass is 10.3. The minimum absolute atomic E-state index is 0.0276. The maximum atomic E-state index is 12.1. The van der Waals surface area contributed by atoms with Gasteiger partial charge in [0.25, 0.3) is 0 Å². The third-order valence-corrected chi connectivity index (χ3v) is 4.76. The zero-order chi connectivity index (χ0) is 14.0. The van der Waals surface area contributed by atoms with Crippen molar-refractivity contribution in [3.8, 4) is 5.75 Å². The largest absolute Gasteiger partial charge is 0.377 e. The molecular weight excluding hydrogens is 331 g/mol. The van der Waals surface area contributed by atoms with Crippen molar-refractivity contribution in [3.63, 3.8) is 0 Å². The molecule has 2 aromatic carbocycles. The Balaban J connectivity index is 2.43. The Kier molecular flexibility index (Phi) is 4.26. The van der Waals surface area contributed by atoms with Crippen LogP contribution in [0.15, 0.2) is 47.4 Å². The molecule has 0 aromatic heterocycles. The van der Waals surface area contributed by atoms with Crippen molar-refractivity contribution >= 4 is 44.9 Å². The predicted octanol–water partition coefficient (Wildman–Crippen LogP) is 4.41. The van der Waals surface area contributed by atoms with Gasteiger partial charge >= 0.3 is 10.1 Å². The van der Waals surface area contributed by atoms with E-state index in [0.29, 0.717) is 0 Å². The Labute approximate surface area is 125 Å². The zero-order valence-corrected chi connectivity index (χ0v) is 12.4. The molecule has 0 aliphatic rings. The van der Waals surface area contributed by atoms with Gasteiger partial charge in [-0.1, -0.05) is 53.0 Å². The number of rotatable bonds is 3. The molecule has 0 saturated heterocycles. The van der Waals surface area contributed by atoms with Gasteiger partial charge in [-0.3, -0.25) is 0 Å². The fourth-order valence-electron chi connectivity index (χ4n) is 1.36. The Morgan fingerprint density at radius 3 is 2.16 bits per heavy atom. The van der Waals surface area contributed by atoms with Crippen LogP contribution in [0.1, 0.15) is 0 Å². The van der Waals surface area contributed by atoms with E-state index < -0.39 is 10.1 Å². The van der Waals surface area contributed by atoms with Gasteiger partial charge in [0.1, 0.15) is 9.92 Å². The lowest BCUT2D eigenvalue weighted by Gasteiger charge is -2.10. The van der Waals surface area contributed by atoms with Crippen LogP contribution in [0, 0.1) is 0 Å². The molecule has 0 amide bonds. The van der Waals surface area contributed by atoms with Gasteiger partial charge in [-0.05, 0) is 24.3 Å². The van der Waals surface area contributed by atoms with Crippen LogP contribution in [0.3, 0.4) is 0 Å². The second-order valence-corrected chi connectivity index (χ2v) is 6.23. The standard InChI is InChI=1S/C12H7Cl3O3S/c13-8-4-1-2-7-11(8)19(16,17)18-10-6-3-5-9(14)12(10)15/h1-7H. The van der Waals surface area contributed by atoms with Gasteiger partial charge in [-0.25, -0.2) is 0 Å². The van der Waals surface area contributed by atoms with E-state index >= 15 is 0 Å². The minimum atomic E-state index is -4.06. The van der Waals surface area contributed by atoms with E-state index in [1.807, 2.05) is 0 Å². The highest BCUT2D eigenvalue weighted by molar-refractivity contribution is 7.87. The maximum absolute atomic E-state index is 12.1. The Bertz CT molecular complexity index is 714. The van der Waals surface area contributed by atoms with Gasteiger partial charge in [-0.15, -0.1) is 0 Å². The summed E-state index contributed by atoms with van der Waals surface area (Å²) in [5.74, 6) is -0.0471. The highest BCUT2D eigenvalue weighted by Crippen LogP contribution is 2.34. The van der Waals surface area contributed by atoms with Crippen LogP contribution in [0.2, 0.25) is 15.1 Å². The second-order valence-electron chi connectivity index (χ2n) is 3.52. The van der Waals surface area contributed by atoms with Gasteiger partial charge in [-0.2, -0.15) is 8.42 Å². The SMILES string of the molecule is O=S(=O)(Oc1cccc(Cl)c1Cl)c1ccccc1Cl. The van der Waals surface area contributed by atoms with E-state index in [4.69, 9.17) is 39.0 Å². The first-order valence-corrected chi connectivity index (χ1v) is 7.59.